The molecule has 2 rings (SSSR count). The van der Waals surface area contributed by atoms with Crippen LogP contribution in [0.2, 0.25) is 0 Å². The number of aromatic hydroxyl groups is 6. The van der Waals surface area contributed by atoms with E-state index in [1.165, 1.54) is 0 Å². The average Bonchev–Trinajstić information content (AvgIpc) is 3.07. The predicted octanol–water partition coefficient (Wildman–Crippen LogP) is 7.35. The first-order valence-electron chi connectivity index (χ1n) is 11.0. The van der Waals surface area contributed by atoms with Crippen LogP contribution >= 0.6 is 0 Å². The van der Waals surface area contributed by atoms with Crippen LogP contribution in [0.25, 0.3) is 0 Å². The summed E-state index contributed by atoms with van der Waals surface area (Å²) in [6, 6.07) is 3.52. The molecule has 10 nitrogen and oxygen atoms in total. The van der Waals surface area contributed by atoms with E-state index in [1.807, 2.05) is 0 Å². The fourth-order valence-electron chi connectivity index (χ4n) is 1.88. The van der Waals surface area contributed by atoms with Crippen molar-refractivity contribution in [1.82, 2.24) is 0 Å². The van der Waals surface area contributed by atoms with Crippen LogP contribution in [0.4, 0.5) is 0 Å². The zero-order valence-electron chi connectivity index (χ0n) is 24.4. The summed E-state index contributed by atoms with van der Waals surface area (Å²) in [5.74, 6) is -6.32. The molecule has 0 radical (unpaired) electrons. The van der Waals surface area contributed by atoms with Crippen LogP contribution in [0.5, 0.6) is 34.5 Å². The van der Waals surface area contributed by atoms with E-state index in [1.54, 1.807) is 0 Å². The highest BCUT2D eigenvalue weighted by Crippen LogP contribution is 2.36. The number of hydrogen-bond acceptors (Lipinski definition) is 10. The van der Waals surface area contributed by atoms with E-state index in [-0.39, 0.29) is 24.3 Å². The van der Waals surface area contributed by atoms with E-state index in [4.69, 9.17) is 9.47 Å². The van der Waals surface area contributed by atoms with E-state index in [0.29, 0.717) is 0 Å². The molecular formula is C32H46O10. The minimum atomic E-state index is -0.952. The molecule has 0 atom stereocenters. The maximum Gasteiger partial charge on any atom is 0.338 e. The van der Waals surface area contributed by atoms with Crippen LogP contribution < -0.4 is 0 Å². The van der Waals surface area contributed by atoms with Gasteiger partial charge >= 0.3 is 11.9 Å². The normalized spacial score (nSPS) is 7.14. The summed E-state index contributed by atoms with van der Waals surface area (Å²) < 4.78 is 9.54. The van der Waals surface area contributed by atoms with Gasteiger partial charge in [-0.25, -0.2) is 9.59 Å². The summed E-state index contributed by atoms with van der Waals surface area (Å²) in [5.41, 5.74) is -0.477. The van der Waals surface area contributed by atoms with Crippen molar-refractivity contribution in [3.05, 3.63) is 141 Å². The highest BCUT2D eigenvalue weighted by atomic mass is 16.6. The van der Waals surface area contributed by atoms with Gasteiger partial charge in [-0.2, -0.15) is 0 Å². The fraction of sp³-hybridized carbons (Fsp3) is 0.0625. The van der Waals surface area contributed by atoms with Gasteiger partial charge in [-0.3, -0.25) is 0 Å². The largest absolute Gasteiger partial charge is 0.504 e. The molecule has 2 aromatic carbocycles. The first-order chi connectivity index (χ1) is 20.2. The Labute approximate surface area is 250 Å². The van der Waals surface area contributed by atoms with Crippen molar-refractivity contribution in [3.63, 3.8) is 0 Å². The molecule has 0 saturated heterocycles. The van der Waals surface area contributed by atoms with Crippen LogP contribution in [0, 0.1) is 0 Å². The summed E-state index contributed by atoms with van der Waals surface area (Å²) in [4.78, 5) is 23.5. The van der Waals surface area contributed by atoms with Crippen LogP contribution in [0.3, 0.4) is 0 Å². The number of rotatable bonds is 5. The van der Waals surface area contributed by atoms with E-state index in [9.17, 15) is 40.2 Å². The van der Waals surface area contributed by atoms with E-state index < -0.39 is 46.4 Å². The number of hydrogen-bond donors (Lipinski definition) is 6. The standard InChI is InChI=1S/C16H14O10.8C2H4/c17-9-3-7(4-10(18)13(9)21)15(23)25-1-2-26-16(24)8-5-11(19)14(22)12(20)6-8;8*1-2/h3-6,17-22H,1-2H2;8*1-2H2. The number of benzene rings is 2. The SMILES string of the molecule is C=C.C=C.C=C.C=C.C=C.C=C.C=C.C=C.O=C(OCCOC(=O)c1cc(O)c(O)c(O)c1)c1cc(O)c(O)c(O)c1. The van der Waals surface area contributed by atoms with Crippen molar-refractivity contribution >= 4 is 11.9 Å². The van der Waals surface area contributed by atoms with Crippen molar-refractivity contribution < 1.29 is 49.7 Å². The Kier molecular flexibility index (Phi) is 49.5. The highest BCUT2D eigenvalue weighted by molar-refractivity contribution is 5.92. The van der Waals surface area contributed by atoms with Crippen molar-refractivity contribution in [2.75, 3.05) is 13.2 Å². The van der Waals surface area contributed by atoms with Gasteiger partial charge in [0.05, 0.1) is 11.1 Å². The molecule has 6 N–H and O–H groups in total. The van der Waals surface area contributed by atoms with Gasteiger partial charge in [-0.15, -0.1) is 105 Å². The second kappa shape index (κ2) is 39.6. The summed E-state index contributed by atoms with van der Waals surface area (Å²) in [7, 11) is 0. The molecule has 0 aromatic heterocycles. The maximum absolute atomic E-state index is 11.7. The van der Waals surface area contributed by atoms with Gasteiger partial charge in [0.15, 0.2) is 34.5 Å². The lowest BCUT2D eigenvalue weighted by Gasteiger charge is -2.09. The number of phenolic OH excluding ortho intramolecular Hbond substituents is 6. The maximum atomic E-state index is 11.7. The third-order valence-corrected chi connectivity index (χ3v) is 3.16. The van der Waals surface area contributed by atoms with Gasteiger partial charge in [0.2, 0.25) is 0 Å². The van der Waals surface area contributed by atoms with Gasteiger partial charge in [0, 0.05) is 0 Å². The first kappa shape index (κ1) is 52.5. The molecule has 0 bridgehead atoms. The quantitative estimate of drug-likeness (QED) is 0.0894. The third kappa shape index (κ3) is 22.1. The van der Waals surface area contributed by atoms with E-state index >= 15 is 0 Å². The van der Waals surface area contributed by atoms with Crippen LogP contribution in [-0.4, -0.2) is 55.8 Å². The fourth-order valence-corrected chi connectivity index (χ4v) is 1.88. The molecular weight excluding hydrogens is 544 g/mol. The van der Waals surface area contributed by atoms with E-state index in [0.717, 1.165) is 24.3 Å². The molecule has 0 aliphatic rings. The molecule has 0 unspecified atom stereocenters. The predicted molar refractivity (Wildman–Crippen MR) is 173 cm³/mol. The minimum Gasteiger partial charge on any atom is -0.504 e. The number of phenols is 6. The summed E-state index contributed by atoms with van der Waals surface area (Å²) in [6.45, 7) is 47.3. The second-order valence-corrected chi connectivity index (χ2v) is 5.00. The Morgan fingerprint density at radius 3 is 0.762 bits per heavy atom. The van der Waals surface area contributed by atoms with Crippen molar-refractivity contribution in [2.24, 2.45) is 0 Å². The van der Waals surface area contributed by atoms with Gasteiger partial charge in [0.1, 0.15) is 13.2 Å². The molecule has 0 aliphatic heterocycles. The van der Waals surface area contributed by atoms with Gasteiger partial charge < -0.3 is 40.1 Å². The summed E-state index contributed by atoms with van der Waals surface area (Å²) >= 11 is 0. The molecule has 0 saturated carbocycles. The molecule has 0 spiro atoms. The first-order valence-corrected chi connectivity index (χ1v) is 11.0. The number of esters is 2. The molecule has 0 fully saturated rings. The Bertz CT molecular complexity index is 848. The molecule has 0 aliphatic carbocycles. The lowest BCUT2D eigenvalue weighted by Crippen LogP contribution is -2.14. The lowest BCUT2D eigenvalue weighted by atomic mass is 10.2. The lowest BCUT2D eigenvalue weighted by molar-refractivity contribution is 0.0265. The second-order valence-electron chi connectivity index (χ2n) is 5.00. The van der Waals surface area contributed by atoms with Crippen LogP contribution in [-0.2, 0) is 9.47 Å². The smallest absolute Gasteiger partial charge is 0.338 e. The molecule has 10 heteroatoms. The number of carbonyl (C=O) groups excluding carboxylic acids is 2. The Balaban J connectivity index is -0.000000132. The van der Waals surface area contributed by atoms with Gasteiger partial charge in [-0.1, -0.05) is 0 Å². The van der Waals surface area contributed by atoms with Gasteiger partial charge in [0.25, 0.3) is 0 Å². The molecule has 2 aromatic rings. The number of carbonyl (C=O) groups is 2. The monoisotopic (exact) mass is 590 g/mol. The highest BCUT2D eigenvalue weighted by Gasteiger charge is 2.16. The molecule has 0 amide bonds. The Morgan fingerprint density at radius 2 is 0.595 bits per heavy atom. The van der Waals surface area contributed by atoms with E-state index in [2.05, 4.69) is 105 Å². The average molecular weight is 591 g/mol. The van der Waals surface area contributed by atoms with Crippen LogP contribution in [0.15, 0.2) is 130 Å². The summed E-state index contributed by atoms with van der Waals surface area (Å²) in [5, 5.41) is 55.7. The third-order valence-electron chi connectivity index (χ3n) is 3.16. The van der Waals surface area contributed by atoms with Crippen molar-refractivity contribution in [2.45, 2.75) is 0 Å². The topological polar surface area (TPSA) is 174 Å². The van der Waals surface area contributed by atoms with Crippen LogP contribution in [0.1, 0.15) is 20.7 Å². The summed E-state index contributed by atoms with van der Waals surface area (Å²) in [6.07, 6.45) is 0. The Hall–Kier alpha value is -5.90. The zero-order chi connectivity index (χ0) is 35.4. The minimum absolute atomic E-state index is 0.238. The molecule has 234 valence electrons. The Morgan fingerprint density at radius 1 is 0.429 bits per heavy atom. The van der Waals surface area contributed by atoms with Gasteiger partial charge in [-0.05, 0) is 24.3 Å². The number of ether oxygens (including phenoxy) is 2. The van der Waals surface area contributed by atoms with Crippen molar-refractivity contribution in [3.8, 4) is 34.5 Å². The molecule has 0 heterocycles. The van der Waals surface area contributed by atoms with Crippen molar-refractivity contribution in [1.29, 1.82) is 0 Å². The zero-order valence-corrected chi connectivity index (χ0v) is 24.4. The molecule has 42 heavy (non-hydrogen) atoms.